The maximum atomic E-state index is 12.4. The molecule has 2 N–H and O–H groups in total. The smallest absolute Gasteiger partial charge is 0.342 e. The van der Waals surface area contributed by atoms with Crippen LogP contribution in [0.25, 0.3) is 0 Å². The molecule has 8 nitrogen and oxygen atoms in total. The van der Waals surface area contributed by atoms with Gasteiger partial charge in [0.2, 0.25) is 0 Å². The van der Waals surface area contributed by atoms with Gasteiger partial charge in [0.25, 0.3) is 5.91 Å². The highest BCUT2D eigenvalue weighted by Gasteiger charge is 2.21. The minimum Gasteiger partial charge on any atom is -0.507 e. The van der Waals surface area contributed by atoms with Gasteiger partial charge in [0.15, 0.2) is 6.10 Å². The van der Waals surface area contributed by atoms with Gasteiger partial charge in [0, 0.05) is 30.5 Å². The average molecular weight is 400 g/mol. The van der Waals surface area contributed by atoms with Crippen LogP contribution < -0.4 is 15.0 Å². The molecule has 0 bridgehead atoms. The molecule has 1 fully saturated rings. The number of hydrogen-bond acceptors (Lipinski definition) is 7. The van der Waals surface area contributed by atoms with E-state index in [2.05, 4.69) is 10.2 Å². The summed E-state index contributed by atoms with van der Waals surface area (Å²) in [6, 6.07) is 11.7. The lowest BCUT2D eigenvalue weighted by Crippen LogP contribution is -2.36. The van der Waals surface area contributed by atoms with Crippen LogP contribution in [0.5, 0.6) is 11.5 Å². The lowest BCUT2D eigenvalue weighted by atomic mass is 10.2. The van der Waals surface area contributed by atoms with Crippen LogP contribution in [0.15, 0.2) is 42.5 Å². The Kier molecular flexibility index (Phi) is 6.56. The number of anilines is 2. The van der Waals surface area contributed by atoms with Crippen LogP contribution >= 0.6 is 0 Å². The molecule has 0 unspecified atom stereocenters. The lowest BCUT2D eigenvalue weighted by molar-refractivity contribution is -0.123. The third-order valence-electron chi connectivity index (χ3n) is 4.59. The summed E-state index contributed by atoms with van der Waals surface area (Å²) < 4.78 is 15.5. The fourth-order valence-corrected chi connectivity index (χ4v) is 2.91. The van der Waals surface area contributed by atoms with E-state index in [0.29, 0.717) is 24.7 Å². The van der Waals surface area contributed by atoms with Crippen LogP contribution in [0.2, 0.25) is 0 Å². The second-order valence-corrected chi connectivity index (χ2v) is 6.57. The van der Waals surface area contributed by atoms with E-state index >= 15 is 0 Å². The Bertz CT molecular complexity index is 862. The highest BCUT2D eigenvalue weighted by atomic mass is 16.5. The van der Waals surface area contributed by atoms with Gasteiger partial charge in [-0.25, -0.2) is 4.79 Å². The molecule has 0 aromatic heterocycles. The Hall–Kier alpha value is -3.26. The van der Waals surface area contributed by atoms with E-state index < -0.39 is 18.0 Å². The Balaban J connectivity index is 1.56. The number of nitrogens with zero attached hydrogens (tertiary/aromatic N) is 1. The summed E-state index contributed by atoms with van der Waals surface area (Å²) in [6.07, 6.45) is -1.04. The number of aromatic hydroxyl groups is 1. The van der Waals surface area contributed by atoms with E-state index in [4.69, 9.17) is 14.2 Å². The first-order chi connectivity index (χ1) is 14.0. The lowest BCUT2D eigenvalue weighted by Gasteiger charge is -2.28. The van der Waals surface area contributed by atoms with Crippen molar-refractivity contribution in [1.29, 1.82) is 0 Å². The topological polar surface area (TPSA) is 97.3 Å². The van der Waals surface area contributed by atoms with Crippen LogP contribution in [0.4, 0.5) is 11.4 Å². The molecule has 2 aromatic carbocycles. The van der Waals surface area contributed by atoms with Gasteiger partial charge >= 0.3 is 5.97 Å². The molecule has 0 radical (unpaired) electrons. The van der Waals surface area contributed by atoms with Crippen molar-refractivity contribution in [2.45, 2.75) is 13.0 Å². The first-order valence-corrected chi connectivity index (χ1v) is 9.29. The van der Waals surface area contributed by atoms with Crippen molar-refractivity contribution in [2.75, 3.05) is 43.6 Å². The maximum absolute atomic E-state index is 12.4. The number of morpholine rings is 1. The number of ether oxygens (including phenoxy) is 3. The van der Waals surface area contributed by atoms with Crippen molar-refractivity contribution in [2.24, 2.45) is 0 Å². The summed E-state index contributed by atoms with van der Waals surface area (Å²) >= 11 is 0. The number of methoxy groups -OCH3 is 1. The number of hydrogen-bond donors (Lipinski definition) is 2. The summed E-state index contributed by atoms with van der Waals surface area (Å²) in [4.78, 5) is 26.8. The SMILES string of the molecule is COc1ccc(C(=O)O[C@@H](C)C(=O)Nc2ccc(N3CCOCC3)cc2)c(O)c1. The number of nitrogens with one attached hydrogen (secondary N) is 1. The minimum atomic E-state index is -1.04. The molecular formula is C21H24N2O6. The number of benzene rings is 2. The van der Waals surface area contributed by atoms with Gasteiger partial charge in [0.05, 0.1) is 20.3 Å². The number of esters is 1. The van der Waals surface area contributed by atoms with Crippen molar-refractivity contribution in [3.05, 3.63) is 48.0 Å². The summed E-state index contributed by atoms with van der Waals surface area (Å²) in [5.41, 5.74) is 1.61. The van der Waals surface area contributed by atoms with Gasteiger partial charge in [-0.1, -0.05) is 0 Å². The van der Waals surface area contributed by atoms with Gasteiger partial charge < -0.3 is 29.5 Å². The fourth-order valence-electron chi connectivity index (χ4n) is 2.91. The number of phenolic OH excluding ortho intramolecular Hbond substituents is 1. The molecule has 0 spiro atoms. The summed E-state index contributed by atoms with van der Waals surface area (Å²) in [5.74, 6) is -1.13. The first-order valence-electron chi connectivity index (χ1n) is 9.29. The summed E-state index contributed by atoms with van der Waals surface area (Å²) in [7, 11) is 1.45. The van der Waals surface area contributed by atoms with Gasteiger partial charge in [-0.3, -0.25) is 4.79 Å². The summed E-state index contributed by atoms with van der Waals surface area (Å²) in [6.45, 7) is 4.53. The van der Waals surface area contributed by atoms with Crippen LogP contribution in [-0.4, -0.2) is 56.5 Å². The number of carbonyl (C=O) groups is 2. The fraction of sp³-hybridized carbons (Fsp3) is 0.333. The minimum absolute atomic E-state index is 0.0414. The van der Waals surface area contributed by atoms with Crippen LogP contribution in [0.1, 0.15) is 17.3 Å². The standard InChI is InChI=1S/C21H24N2O6/c1-14(29-21(26)18-8-7-17(27-2)13-19(18)24)20(25)22-15-3-5-16(6-4-15)23-9-11-28-12-10-23/h3-8,13-14,24H,9-12H2,1-2H3,(H,22,25)/t14-/m0/s1. The number of amides is 1. The number of rotatable bonds is 6. The molecule has 154 valence electrons. The maximum Gasteiger partial charge on any atom is 0.342 e. The monoisotopic (exact) mass is 400 g/mol. The molecular weight excluding hydrogens is 376 g/mol. The van der Waals surface area contributed by atoms with Crippen molar-refractivity contribution in [3.63, 3.8) is 0 Å². The molecule has 0 saturated carbocycles. The van der Waals surface area contributed by atoms with Crippen molar-refractivity contribution < 1.29 is 28.9 Å². The Morgan fingerprint density at radius 3 is 2.45 bits per heavy atom. The second kappa shape index (κ2) is 9.29. The first kappa shape index (κ1) is 20.5. The largest absolute Gasteiger partial charge is 0.507 e. The quantitative estimate of drug-likeness (QED) is 0.719. The molecule has 1 heterocycles. The van der Waals surface area contributed by atoms with E-state index in [1.165, 1.54) is 32.2 Å². The zero-order valence-electron chi connectivity index (χ0n) is 16.4. The number of carbonyl (C=O) groups excluding carboxylic acids is 2. The molecule has 1 aliphatic heterocycles. The third kappa shape index (κ3) is 5.17. The van der Waals surface area contributed by atoms with E-state index in [1.54, 1.807) is 12.1 Å². The molecule has 1 atom stereocenters. The van der Waals surface area contributed by atoms with Gasteiger partial charge in [-0.15, -0.1) is 0 Å². The summed E-state index contributed by atoms with van der Waals surface area (Å²) in [5, 5.41) is 12.6. The van der Waals surface area contributed by atoms with Gasteiger partial charge in [0.1, 0.15) is 17.1 Å². The molecule has 3 rings (SSSR count). The van der Waals surface area contributed by atoms with E-state index in [0.717, 1.165) is 18.8 Å². The second-order valence-electron chi connectivity index (χ2n) is 6.57. The highest BCUT2D eigenvalue weighted by molar-refractivity contribution is 5.98. The molecule has 29 heavy (non-hydrogen) atoms. The van der Waals surface area contributed by atoms with Crippen molar-refractivity contribution in [3.8, 4) is 11.5 Å². The molecule has 1 aliphatic rings. The van der Waals surface area contributed by atoms with E-state index in [1.807, 2.05) is 12.1 Å². The zero-order chi connectivity index (χ0) is 20.8. The molecule has 1 saturated heterocycles. The predicted octanol–water partition coefficient (Wildman–Crippen LogP) is 2.42. The molecule has 0 aliphatic carbocycles. The average Bonchev–Trinajstić information content (AvgIpc) is 2.74. The Labute approximate surface area is 169 Å². The molecule has 2 aromatic rings. The third-order valence-corrected chi connectivity index (χ3v) is 4.59. The van der Waals surface area contributed by atoms with Gasteiger partial charge in [-0.05, 0) is 43.3 Å². The van der Waals surface area contributed by atoms with Crippen LogP contribution in [0, 0.1) is 0 Å². The Morgan fingerprint density at radius 1 is 1.14 bits per heavy atom. The van der Waals surface area contributed by atoms with Crippen LogP contribution in [-0.2, 0) is 14.3 Å². The zero-order valence-corrected chi connectivity index (χ0v) is 16.4. The molecule has 8 heteroatoms. The van der Waals surface area contributed by atoms with Gasteiger partial charge in [-0.2, -0.15) is 0 Å². The van der Waals surface area contributed by atoms with Crippen molar-refractivity contribution >= 4 is 23.3 Å². The van der Waals surface area contributed by atoms with Crippen molar-refractivity contribution in [1.82, 2.24) is 0 Å². The number of phenols is 1. The molecule has 1 amide bonds. The predicted molar refractivity (Wildman–Crippen MR) is 108 cm³/mol. The Morgan fingerprint density at radius 2 is 1.83 bits per heavy atom. The normalized spacial score (nSPS) is 14.8. The highest BCUT2D eigenvalue weighted by Crippen LogP contribution is 2.24. The van der Waals surface area contributed by atoms with E-state index in [9.17, 15) is 14.7 Å². The van der Waals surface area contributed by atoms with E-state index in [-0.39, 0.29) is 11.3 Å². The van der Waals surface area contributed by atoms with Crippen LogP contribution in [0.3, 0.4) is 0 Å².